The Morgan fingerprint density at radius 3 is 1.93 bits per heavy atom. The molecule has 0 heterocycles. The van der Waals surface area contributed by atoms with E-state index in [4.69, 9.17) is 9.78 Å². The van der Waals surface area contributed by atoms with Gasteiger partial charge in [0, 0.05) is 0 Å². The van der Waals surface area contributed by atoms with E-state index in [1.807, 2.05) is 41.5 Å². The average Bonchev–Trinajstić information content (AvgIpc) is 1.97. The van der Waals surface area contributed by atoms with Gasteiger partial charge in [-0.25, -0.2) is 9.78 Å². The lowest BCUT2D eigenvalue weighted by Gasteiger charge is -2.28. The summed E-state index contributed by atoms with van der Waals surface area (Å²) in [6, 6.07) is 0. The maximum atomic E-state index is 5.40. The second kappa shape index (κ2) is 4.94. The fourth-order valence-corrected chi connectivity index (χ4v) is 0.794. The van der Waals surface area contributed by atoms with Crippen LogP contribution in [0.2, 0.25) is 0 Å². The van der Waals surface area contributed by atoms with Crippen molar-refractivity contribution < 1.29 is 9.78 Å². The zero-order valence-electron chi connectivity index (χ0n) is 10.4. The van der Waals surface area contributed by atoms with Crippen LogP contribution >= 0.6 is 0 Å². The predicted octanol–water partition coefficient (Wildman–Crippen LogP) is 3.87. The van der Waals surface area contributed by atoms with Gasteiger partial charge in [-0.1, -0.05) is 5.57 Å². The van der Waals surface area contributed by atoms with Gasteiger partial charge < -0.3 is 0 Å². The lowest BCUT2D eigenvalue weighted by atomic mass is 10.0. The van der Waals surface area contributed by atoms with Gasteiger partial charge in [0.15, 0.2) is 0 Å². The Kier molecular flexibility index (Phi) is 4.82. The molecule has 0 saturated carbocycles. The maximum absolute atomic E-state index is 5.40. The van der Waals surface area contributed by atoms with E-state index in [2.05, 4.69) is 6.58 Å². The molecular formula is C12H24O2. The SMILES string of the molecule is C=C(C)CCC(C)(C)OOC(C)(C)C. The minimum Gasteiger partial charge on any atom is -0.230 e. The first-order valence-electron chi connectivity index (χ1n) is 5.14. The van der Waals surface area contributed by atoms with E-state index in [-0.39, 0.29) is 11.2 Å². The first-order valence-corrected chi connectivity index (χ1v) is 5.14. The highest BCUT2D eigenvalue weighted by molar-refractivity contribution is 4.89. The number of rotatable bonds is 5. The van der Waals surface area contributed by atoms with Crippen molar-refractivity contribution in [3.05, 3.63) is 12.2 Å². The molecule has 0 amide bonds. The van der Waals surface area contributed by atoms with Crippen LogP contribution in [0.1, 0.15) is 54.4 Å². The van der Waals surface area contributed by atoms with Gasteiger partial charge >= 0.3 is 0 Å². The molecule has 0 spiro atoms. The molecule has 0 N–H and O–H groups in total. The lowest BCUT2D eigenvalue weighted by Crippen LogP contribution is -2.30. The summed E-state index contributed by atoms with van der Waals surface area (Å²) in [5, 5.41) is 0. The van der Waals surface area contributed by atoms with Crippen LogP contribution in [0.15, 0.2) is 12.2 Å². The predicted molar refractivity (Wildman–Crippen MR) is 60.1 cm³/mol. The molecule has 0 radical (unpaired) electrons. The second-order valence-electron chi connectivity index (χ2n) is 5.50. The molecule has 0 saturated heterocycles. The van der Waals surface area contributed by atoms with Gasteiger partial charge in [0.25, 0.3) is 0 Å². The van der Waals surface area contributed by atoms with Crippen molar-refractivity contribution in [1.82, 2.24) is 0 Å². The highest BCUT2D eigenvalue weighted by Crippen LogP contribution is 2.22. The topological polar surface area (TPSA) is 18.5 Å². The fourth-order valence-electron chi connectivity index (χ4n) is 0.794. The van der Waals surface area contributed by atoms with Gasteiger partial charge in [0.05, 0.1) is 11.2 Å². The first kappa shape index (κ1) is 13.7. The van der Waals surface area contributed by atoms with Crippen LogP contribution in [-0.2, 0) is 9.78 Å². The second-order valence-corrected chi connectivity index (χ2v) is 5.50. The lowest BCUT2D eigenvalue weighted by molar-refractivity contribution is -0.398. The summed E-state index contributed by atoms with van der Waals surface area (Å²) in [5.41, 5.74) is 0.685. The summed E-state index contributed by atoms with van der Waals surface area (Å²) in [6.45, 7) is 15.9. The van der Waals surface area contributed by atoms with Crippen molar-refractivity contribution in [2.45, 2.75) is 65.6 Å². The first-order chi connectivity index (χ1) is 6.12. The highest BCUT2D eigenvalue weighted by Gasteiger charge is 2.23. The quantitative estimate of drug-likeness (QED) is 0.381. The van der Waals surface area contributed by atoms with E-state index in [0.717, 1.165) is 12.8 Å². The molecule has 0 aromatic carbocycles. The van der Waals surface area contributed by atoms with Crippen LogP contribution in [0.4, 0.5) is 0 Å². The molecule has 0 aromatic heterocycles. The summed E-state index contributed by atoms with van der Waals surface area (Å²) in [4.78, 5) is 10.7. The van der Waals surface area contributed by atoms with Crippen molar-refractivity contribution in [2.24, 2.45) is 0 Å². The molecule has 0 aliphatic heterocycles. The Morgan fingerprint density at radius 1 is 1.07 bits per heavy atom. The smallest absolute Gasteiger partial charge is 0.0983 e. The van der Waals surface area contributed by atoms with Crippen molar-refractivity contribution in [2.75, 3.05) is 0 Å². The Balaban J connectivity index is 3.89. The Morgan fingerprint density at radius 2 is 1.57 bits per heavy atom. The van der Waals surface area contributed by atoms with Crippen LogP contribution < -0.4 is 0 Å². The average molecular weight is 200 g/mol. The molecule has 0 fully saturated rings. The van der Waals surface area contributed by atoms with Gasteiger partial charge in [0.1, 0.15) is 0 Å². The van der Waals surface area contributed by atoms with E-state index in [0.29, 0.717) is 0 Å². The van der Waals surface area contributed by atoms with Gasteiger partial charge in [-0.15, -0.1) is 6.58 Å². The largest absolute Gasteiger partial charge is 0.230 e. The van der Waals surface area contributed by atoms with Crippen LogP contribution in [0.3, 0.4) is 0 Å². The molecule has 0 bridgehead atoms. The van der Waals surface area contributed by atoms with Crippen LogP contribution in [0.25, 0.3) is 0 Å². The third-order valence-electron chi connectivity index (χ3n) is 1.67. The van der Waals surface area contributed by atoms with Gasteiger partial charge in [-0.3, -0.25) is 0 Å². The molecule has 2 nitrogen and oxygen atoms in total. The van der Waals surface area contributed by atoms with Gasteiger partial charge in [-0.05, 0) is 54.4 Å². The summed E-state index contributed by atoms with van der Waals surface area (Å²) in [7, 11) is 0. The minimum atomic E-state index is -0.250. The highest BCUT2D eigenvalue weighted by atomic mass is 17.2. The fraction of sp³-hybridized carbons (Fsp3) is 0.833. The van der Waals surface area contributed by atoms with Crippen molar-refractivity contribution in [1.29, 1.82) is 0 Å². The molecule has 0 rings (SSSR count). The van der Waals surface area contributed by atoms with Crippen LogP contribution in [0.5, 0.6) is 0 Å². The third-order valence-corrected chi connectivity index (χ3v) is 1.67. The van der Waals surface area contributed by atoms with Crippen LogP contribution in [0, 0.1) is 0 Å². The zero-order valence-corrected chi connectivity index (χ0v) is 10.4. The van der Waals surface area contributed by atoms with E-state index >= 15 is 0 Å². The van der Waals surface area contributed by atoms with E-state index in [9.17, 15) is 0 Å². The molecule has 0 aliphatic rings. The van der Waals surface area contributed by atoms with Gasteiger partial charge in [-0.2, -0.15) is 0 Å². The third kappa shape index (κ3) is 8.27. The summed E-state index contributed by atoms with van der Waals surface area (Å²) >= 11 is 0. The molecule has 84 valence electrons. The van der Waals surface area contributed by atoms with Crippen molar-refractivity contribution in [3.8, 4) is 0 Å². The van der Waals surface area contributed by atoms with E-state index < -0.39 is 0 Å². The number of allylic oxidation sites excluding steroid dienone is 1. The Hall–Kier alpha value is -0.340. The summed E-state index contributed by atoms with van der Waals surface area (Å²) in [5.74, 6) is 0. The summed E-state index contributed by atoms with van der Waals surface area (Å²) in [6.07, 6.45) is 1.90. The standard InChI is InChI=1S/C12H24O2/c1-10(2)8-9-12(6,7)14-13-11(3,4)5/h1,8-9H2,2-7H3. The molecule has 2 heteroatoms. The number of hydrogen-bond acceptors (Lipinski definition) is 2. The monoisotopic (exact) mass is 200 g/mol. The maximum Gasteiger partial charge on any atom is 0.0983 e. The van der Waals surface area contributed by atoms with Gasteiger partial charge in [0.2, 0.25) is 0 Å². The molecule has 0 aliphatic carbocycles. The number of hydrogen-bond donors (Lipinski definition) is 0. The molecule has 0 unspecified atom stereocenters. The Labute approximate surface area is 88.2 Å². The molecule has 14 heavy (non-hydrogen) atoms. The molecular weight excluding hydrogens is 176 g/mol. The minimum absolute atomic E-state index is 0.244. The van der Waals surface area contributed by atoms with Crippen molar-refractivity contribution >= 4 is 0 Å². The molecule has 0 aromatic rings. The Bertz CT molecular complexity index is 187. The normalized spacial score (nSPS) is 13.0. The van der Waals surface area contributed by atoms with Crippen LogP contribution in [-0.4, -0.2) is 11.2 Å². The van der Waals surface area contributed by atoms with E-state index in [1.165, 1.54) is 5.57 Å². The van der Waals surface area contributed by atoms with E-state index in [1.54, 1.807) is 0 Å². The molecule has 0 atom stereocenters. The zero-order chi connectivity index (χ0) is 11.4. The summed E-state index contributed by atoms with van der Waals surface area (Å²) < 4.78 is 0. The van der Waals surface area contributed by atoms with Crippen molar-refractivity contribution in [3.63, 3.8) is 0 Å².